The van der Waals surface area contributed by atoms with Crippen LogP contribution in [0.2, 0.25) is 0 Å². The molecule has 0 saturated heterocycles. The van der Waals surface area contributed by atoms with E-state index in [-0.39, 0.29) is 17.5 Å². The molecule has 0 bridgehead atoms. The van der Waals surface area contributed by atoms with Gasteiger partial charge in [0.2, 0.25) is 0 Å². The van der Waals surface area contributed by atoms with E-state index in [1.165, 1.54) is 17.8 Å². The number of nitrogens with one attached hydrogen (secondary N) is 2. The molecule has 1 aromatic rings. The van der Waals surface area contributed by atoms with Crippen molar-refractivity contribution >= 4 is 11.8 Å². The average molecular weight is 211 g/mol. The molecule has 0 fully saturated rings. The fourth-order valence-corrected chi connectivity index (χ4v) is 1.04. The lowest BCUT2D eigenvalue weighted by molar-refractivity contribution is -0.124. The SMILES string of the molecule is CNC(=O)c1ccn(C(C)C(=O)NN)n1. The van der Waals surface area contributed by atoms with Gasteiger partial charge in [-0.2, -0.15) is 5.10 Å². The maximum Gasteiger partial charge on any atom is 0.271 e. The predicted octanol–water partition coefficient (Wildman–Crippen LogP) is -1.21. The van der Waals surface area contributed by atoms with Crippen LogP contribution >= 0.6 is 0 Å². The van der Waals surface area contributed by atoms with Crippen molar-refractivity contribution in [1.29, 1.82) is 0 Å². The van der Waals surface area contributed by atoms with Crippen molar-refractivity contribution in [3.63, 3.8) is 0 Å². The van der Waals surface area contributed by atoms with Crippen molar-refractivity contribution in [3.8, 4) is 0 Å². The Hall–Kier alpha value is -1.89. The largest absolute Gasteiger partial charge is 0.354 e. The van der Waals surface area contributed by atoms with Crippen LogP contribution in [0.4, 0.5) is 0 Å². The van der Waals surface area contributed by atoms with Gasteiger partial charge in [0.05, 0.1) is 0 Å². The zero-order chi connectivity index (χ0) is 11.4. The predicted molar refractivity (Wildman–Crippen MR) is 52.7 cm³/mol. The molecule has 0 spiro atoms. The Balaban J connectivity index is 2.84. The van der Waals surface area contributed by atoms with Gasteiger partial charge in [0.25, 0.3) is 11.8 Å². The molecule has 1 rings (SSSR count). The molecule has 7 heteroatoms. The molecule has 2 amide bonds. The van der Waals surface area contributed by atoms with Gasteiger partial charge in [0.15, 0.2) is 0 Å². The lowest BCUT2D eigenvalue weighted by Crippen LogP contribution is -2.36. The van der Waals surface area contributed by atoms with Crippen LogP contribution in [0.1, 0.15) is 23.5 Å². The van der Waals surface area contributed by atoms with Crippen LogP contribution in [-0.2, 0) is 4.79 Å². The van der Waals surface area contributed by atoms with Crippen LogP contribution in [0, 0.1) is 0 Å². The Labute approximate surface area is 86.6 Å². The van der Waals surface area contributed by atoms with Crippen LogP contribution in [-0.4, -0.2) is 28.6 Å². The molecule has 0 aliphatic carbocycles. The second-order valence-electron chi connectivity index (χ2n) is 2.94. The van der Waals surface area contributed by atoms with Crippen LogP contribution in [0.5, 0.6) is 0 Å². The van der Waals surface area contributed by atoms with E-state index >= 15 is 0 Å². The second kappa shape index (κ2) is 4.56. The molecule has 0 aromatic carbocycles. The molecule has 1 unspecified atom stereocenters. The Morgan fingerprint density at radius 1 is 1.60 bits per heavy atom. The average Bonchev–Trinajstić information content (AvgIpc) is 2.75. The highest BCUT2D eigenvalue weighted by molar-refractivity contribution is 5.91. The molecule has 7 nitrogen and oxygen atoms in total. The minimum Gasteiger partial charge on any atom is -0.354 e. The van der Waals surface area contributed by atoms with Gasteiger partial charge in [0.1, 0.15) is 11.7 Å². The summed E-state index contributed by atoms with van der Waals surface area (Å²) >= 11 is 0. The van der Waals surface area contributed by atoms with Gasteiger partial charge in [-0.25, -0.2) is 5.84 Å². The van der Waals surface area contributed by atoms with E-state index in [0.717, 1.165) is 0 Å². The van der Waals surface area contributed by atoms with Gasteiger partial charge < -0.3 is 5.32 Å². The van der Waals surface area contributed by atoms with Crippen LogP contribution in [0.15, 0.2) is 12.3 Å². The Bertz CT molecular complexity index is 373. The Kier molecular flexibility index (Phi) is 3.40. The van der Waals surface area contributed by atoms with E-state index in [2.05, 4.69) is 10.4 Å². The highest BCUT2D eigenvalue weighted by Gasteiger charge is 2.16. The maximum atomic E-state index is 11.2. The number of carbonyl (C=O) groups excluding carboxylic acids is 2. The summed E-state index contributed by atoms with van der Waals surface area (Å²) in [7, 11) is 1.51. The number of carbonyl (C=O) groups is 2. The summed E-state index contributed by atoms with van der Waals surface area (Å²) in [6.45, 7) is 1.63. The summed E-state index contributed by atoms with van der Waals surface area (Å²) in [6.07, 6.45) is 1.55. The van der Waals surface area contributed by atoms with Crippen molar-refractivity contribution in [3.05, 3.63) is 18.0 Å². The first-order valence-corrected chi connectivity index (χ1v) is 4.37. The van der Waals surface area contributed by atoms with Crippen molar-refractivity contribution in [2.45, 2.75) is 13.0 Å². The molecular weight excluding hydrogens is 198 g/mol. The maximum absolute atomic E-state index is 11.2. The summed E-state index contributed by atoms with van der Waals surface area (Å²) in [6, 6.07) is 0.979. The van der Waals surface area contributed by atoms with Gasteiger partial charge in [0, 0.05) is 13.2 Å². The van der Waals surface area contributed by atoms with Gasteiger partial charge in [-0.15, -0.1) is 0 Å². The number of hydrazine groups is 1. The zero-order valence-electron chi connectivity index (χ0n) is 8.52. The summed E-state index contributed by atoms with van der Waals surface area (Å²) < 4.78 is 1.37. The summed E-state index contributed by atoms with van der Waals surface area (Å²) in [5, 5.41) is 6.37. The molecule has 15 heavy (non-hydrogen) atoms. The molecule has 4 N–H and O–H groups in total. The van der Waals surface area contributed by atoms with Crippen LogP contribution in [0.25, 0.3) is 0 Å². The Morgan fingerprint density at radius 2 is 2.27 bits per heavy atom. The Morgan fingerprint density at radius 3 is 2.80 bits per heavy atom. The van der Waals surface area contributed by atoms with E-state index < -0.39 is 6.04 Å². The first kappa shape index (κ1) is 11.2. The van der Waals surface area contributed by atoms with Gasteiger partial charge in [-0.05, 0) is 13.0 Å². The van der Waals surface area contributed by atoms with Crippen molar-refractivity contribution in [2.24, 2.45) is 5.84 Å². The number of nitrogens with zero attached hydrogens (tertiary/aromatic N) is 2. The highest BCUT2D eigenvalue weighted by atomic mass is 16.2. The van der Waals surface area contributed by atoms with Crippen molar-refractivity contribution in [1.82, 2.24) is 20.5 Å². The molecule has 82 valence electrons. The molecule has 1 atom stereocenters. The standard InChI is InChI=1S/C8H13N5O2/c1-5(7(14)11-9)13-4-3-6(12-13)8(15)10-2/h3-5H,9H2,1-2H3,(H,10,15)(H,11,14). The first-order valence-electron chi connectivity index (χ1n) is 4.37. The number of aromatic nitrogens is 2. The normalized spacial score (nSPS) is 11.9. The third-order valence-corrected chi connectivity index (χ3v) is 1.99. The lowest BCUT2D eigenvalue weighted by Gasteiger charge is -2.09. The molecular formula is C8H13N5O2. The fraction of sp³-hybridized carbons (Fsp3) is 0.375. The molecule has 0 radical (unpaired) electrons. The van der Waals surface area contributed by atoms with E-state index in [9.17, 15) is 9.59 Å². The van der Waals surface area contributed by atoms with Gasteiger partial charge in [-0.3, -0.25) is 19.7 Å². The summed E-state index contributed by atoms with van der Waals surface area (Å²) in [5.41, 5.74) is 2.27. The summed E-state index contributed by atoms with van der Waals surface area (Å²) in [5.74, 6) is 4.31. The molecule has 1 aromatic heterocycles. The lowest BCUT2D eigenvalue weighted by atomic mass is 10.3. The van der Waals surface area contributed by atoms with E-state index in [1.807, 2.05) is 5.43 Å². The van der Waals surface area contributed by atoms with Crippen LogP contribution < -0.4 is 16.6 Å². The van der Waals surface area contributed by atoms with Gasteiger partial charge >= 0.3 is 0 Å². The zero-order valence-corrected chi connectivity index (χ0v) is 8.52. The molecule has 0 aliphatic rings. The van der Waals surface area contributed by atoms with Crippen molar-refractivity contribution < 1.29 is 9.59 Å². The van der Waals surface area contributed by atoms with Crippen LogP contribution in [0.3, 0.4) is 0 Å². The monoisotopic (exact) mass is 211 g/mol. The fourth-order valence-electron chi connectivity index (χ4n) is 1.04. The van der Waals surface area contributed by atoms with Gasteiger partial charge in [-0.1, -0.05) is 0 Å². The smallest absolute Gasteiger partial charge is 0.271 e. The molecule has 0 aliphatic heterocycles. The minimum absolute atomic E-state index is 0.258. The van der Waals surface area contributed by atoms with Crippen molar-refractivity contribution in [2.75, 3.05) is 7.05 Å². The molecule has 1 heterocycles. The first-order chi connectivity index (χ1) is 7.10. The third kappa shape index (κ3) is 2.32. The number of hydrogen-bond acceptors (Lipinski definition) is 4. The number of hydrogen-bond donors (Lipinski definition) is 3. The van der Waals surface area contributed by atoms with E-state index in [0.29, 0.717) is 0 Å². The topological polar surface area (TPSA) is 102 Å². The summed E-state index contributed by atoms with van der Waals surface area (Å²) in [4.78, 5) is 22.3. The highest BCUT2D eigenvalue weighted by Crippen LogP contribution is 2.05. The number of rotatable bonds is 3. The number of nitrogens with two attached hydrogens (primary N) is 1. The van der Waals surface area contributed by atoms with E-state index in [1.54, 1.807) is 13.1 Å². The quantitative estimate of drug-likeness (QED) is 0.332. The second-order valence-corrected chi connectivity index (χ2v) is 2.94. The third-order valence-electron chi connectivity index (χ3n) is 1.99. The van der Waals surface area contributed by atoms with E-state index in [4.69, 9.17) is 5.84 Å². The number of amides is 2. The minimum atomic E-state index is -0.548. The molecule has 0 saturated carbocycles.